The maximum absolute atomic E-state index is 14.2. The summed E-state index contributed by atoms with van der Waals surface area (Å²) in [5, 5.41) is -0.157. The molecule has 10 heteroatoms. The Balaban J connectivity index is 1.75. The number of sulfonamides is 1. The monoisotopic (exact) mass is 408 g/mol. The predicted octanol–water partition coefficient (Wildman–Crippen LogP) is 2.97. The molecule has 1 amide bonds. The van der Waals surface area contributed by atoms with E-state index in [0.29, 0.717) is 11.4 Å². The van der Waals surface area contributed by atoms with E-state index in [9.17, 15) is 22.0 Å². The second-order valence-electron chi connectivity index (χ2n) is 6.67. The fraction of sp³-hybridized carbons (Fsp3) is 0.562. The van der Waals surface area contributed by atoms with E-state index < -0.39 is 46.3 Å². The van der Waals surface area contributed by atoms with Crippen molar-refractivity contribution in [3.63, 3.8) is 0 Å². The Bertz CT molecular complexity index is 788. The molecule has 1 unspecified atom stereocenters. The zero-order chi connectivity index (χ0) is 19.1. The number of amides is 1. The van der Waals surface area contributed by atoms with E-state index in [2.05, 4.69) is 0 Å². The Morgan fingerprint density at radius 1 is 1.31 bits per heavy atom. The van der Waals surface area contributed by atoms with Crippen LogP contribution in [0.15, 0.2) is 24.3 Å². The number of piperidine rings is 1. The molecule has 0 spiro atoms. The quantitative estimate of drug-likeness (QED) is 0.754. The van der Waals surface area contributed by atoms with E-state index in [0.717, 1.165) is 9.21 Å². The van der Waals surface area contributed by atoms with Crippen molar-refractivity contribution in [3.8, 4) is 5.75 Å². The molecule has 0 bridgehead atoms. The lowest BCUT2D eigenvalue weighted by molar-refractivity contribution is -0.0760. The topological polar surface area (TPSA) is 66.9 Å². The zero-order valence-corrected chi connectivity index (χ0v) is 15.6. The van der Waals surface area contributed by atoms with Crippen LogP contribution in [0.3, 0.4) is 0 Å². The SMILES string of the molecule is CC1CCN([C@H]2CN(C(=O)Oc3ccc(Cl)cc3)CC(F)(F)C2)S1(=O)=O. The molecular weight excluding hydrogens is 390 g/mol. The molecule has 2 aliphatic heterocycles. The predicted molar refractivity (Wildman–Crippen MR) is 92.1 cm³/mol. The summed E-state index contributed by atoms with van der Waals surface area (Å²) in [7, 11) is -3.62. The van der Waals surface area contributed by atoms with E-state index in [1.165, 1.54) is 24.3 Å². The summed E-state index contributed by atoms with van der Waals surface area (Å²) < 4.78 is 59.2. The van der Waals surface area contributed by atoms with Gasteiger partial charge in [-0.05, 0) is 37.6 Å². The number of halogens is 3. The van der Waals surface area contributed by atoms with Gasteiger partial charge < -0.3 is 9.64 Å². The average Bonchev–Trinajstić information content (AvgIpc) is 2.81. The van der Waals surface area contributed by atoms with Crippen LogP contribution in [-0.4, -0.2) is 60.6 Å². The van der Waals surface area contributed by atoms with Gasteiger partial charge in [-0.1, -0.05) is 11.6 Å². The molecule has 2 heterocycles. The van der Waals surface area contributed by atoms with Crippen molar-refractivity contribution >= 4 is 27.7 Å². The maximum Gasteiger partial charge on any atom is 0.415 e. The Morgan fingerprint density at radius 2 is 1.96 bits per heavy atom. The third-order valence-electron chi connectivity index (χ3n) is 4.66. The van der Waals surface area contributed by atoms with E-state index in [1.807, 2.05) is 0 Å². The minimum atomic E-state index is -3.62. The molecule has 0 aliphatic carbocycles. The van der Waals surface area contributed by atoms with Gasteiger partial charge in [-0.15, -0.1) is 0 Å². The minimum Gasteiger partial charge on any atom is -0.410 e. The van der Waals surface area contributed by atoms with Gasteiger partial charge >= 0.3 is 6.09 Å². The van der Waals surface area contributed by atoms with Crippen LogP contribution in [0.5, 0.6) is 5.75 Å². The number of hydrogen-bond acceptors (Lipinski definition) is 4. The number of alkyl halides is 2. The molecule has 2 aliphatic rings. The first-order chi connectivity index (χ1) is 12.1. The number of carbonyl (C=O) groups is 1. The summed E-state index contributed by atoms with van der Waals surface area (Å²) in [5.41, 5.74) is 0. The molecule has 26 heavy (non-hydrogen) atoms. The van der Waals surface area contributed by atoms with Crippen molar-refractivity contribution in [2.24, 2.45) is 0 Å². The third kappa shape index (κ3) is 3.94. The lowest BCUT2D eigenvalue weighted by Crippen LogP contribution is -2.57. The van der Waals surface area contributed by atoms with Crippen LogP contribution in [0.1, 0.15) is 19.8 Å². The van der Waals surface area contributed by atoms with Gasteiger partial charge in [0.2, 0.25) is 10.0 Å². The van der Waals surface area contributed by atoms with Crippen LogP contribution in [-0.2, 0) is 10.0 Å². The number of ether oxygens (including phenoxy) is 1. The number of rotatable bonds is 2. The number of benzene rings is 1. The number of nitrogens with zero attached hydrogens (tertiary/aromatic N) is 2. The van der Waals surface area contributed by atoms with Crippen molar-refractivity contribution < 1.29 is 26.7 Å². The molecule has 2 fully saturated rings. The molecule has 2 atom stereocenters. The second kappa shape index (κ2) is 6.94. The van der Waals surface area contributed by atoms with Crippen LogP contribution in [0.4, 0.5) is 13.6 Å². The van der Waals surface area contributed by atoms with Crippen molar-refractivity contribution in [2.75, 3.05) is 19.6 Å². The van der Waals surface area contributed by atoms with Gasteiger partial charge in [0.1, 0.15) is 5.75 Å². The Kier molecular flexibility index (Phi) is 5.15. The van der Waals surface area contributed by atoms with Gasteiger partial charge in [0.15, 0.2) is 0 Å². The summed E-state index contributed by atoms with van der Waals surface area (Å²) in [6.07, 6.45) is -1.16. The van der Waals surface area contributed by atoms with E-state index >= 15 is 0 Å². The fourth-order valence-corrected chi connectivity index (χ4v) is 5.19. The van der Waals surface area contributed by atoms with Crippen LogP contribution in [0.25, 0.3) is 0 Å². The highest BCUT2D eigenvalue weighted by Crippen LogP contribution is 2.34. The maximum atomic E-state index is 14.2. The van der Waals surface area contributed by atoms with E-state index in [1.54, 1.807) is 6.92 Å². The van der Waals surface area contributed by atoms with Gasteiger partial charge in [-0.3, -0.25) is 0 Å². The normalized spacial score (nSPS) is 28.1. The summed E-state index contributed by atoms with van der Waals surface area (Å²) in [6.45, 7) is 0.806. The minimum absolute atomic E-state index is 0.131. The third-order valence-corrected chi connectivity index (χ3v) is 7.30. The number of hydrogen-bond donors (Lipinski definition) is 0. The first kappa shape index (κ1) is 19.3. The summed E-state index contributed by atoms with van der Waals surface area (Å²) in [6, 6.07) is 4.96. The smallest absolute Gasteiger partial charge is 0.410 e. The van der Waals surface area contributed by atoms with Crippen molar-refractivity contribution in [1.29, 1.82) is 0 Å². The fourth-order valence-electron chi connectivity index (χ4n) is 3.28. The van der Waals surface area contributed by atoms with Gasteiger partial charge in [-0.2, -0.15) is 4.31 Å². The lowest BCUT2D eigenvalue weighted by atomic mass is 10.0. The lowest BCUT2D eigenvalue weighted by Gasteiger charge is -2.40. The largest absolute Gasteiger partial charge is 0.415 e. The molecule has 0 radical (unpaired) electrons. The first-order valence-corrected chi connectivity index (χ1v) is 10.1. The van der Waals surface area contributed by atoms with Crippen LogP contribution in [0.2, 0.25) is 5.02 Å². The highest BCUT2D eigenvalue weighted by Gasteiger charge is 2.49. The van der Waals surface area contributed by atoms with Gasteiger partial charge in [0.05, 0.1) is 11.8 Å². The highest BCUT2D eigenvalue weighted by molar-refractivity contribution is 7.90. The zero-order valence-electron chi connectivity index (χ0n) is 14.1. The molecule has 0 aromatic heterocycles. The molecule has 2 saturated heterocycles. The van der Waals surface area contributed by atoms with Crippen molar-refractivity contribution in [2.45, 2.75) is 37.0 Å². The molecule has 144 valence electrons. The molecule has 0 saturated carbocycles. The van der Waals surface area contributed by atoms with Gasteiger partial charge in [-0.25, -0.2) is 22.0 Å². The number of likely N-dealkylation sites (tertiary alicyclic amines) is 1. The Morgan fingerprint density at radius 3 is 2.54 bits per heavy atom. The Hall–Kier alpha value is -1.45. The molecule has 6 nitrogen and oxygen atoms in total. The van der Waals surface area contributed by atoms with E-state index in [4.69, 9.17) is 16.3 Å². The van der Waals surface area contributed by atoms with Gasteiger partial charge in [0, 0.05) is 30.6 Å². The standard InChI is InChI=1S/C16H19ClF2N2O4S/c1-11-6-7-21(26(11,23)24)13-8-16(18,19)10-20(9-13)15(22)25-14-4-2-12(17)3-5-14/h2-5,11,13H,6-10H2,1H3/t11?,13-/m1/s1. The average molecular weight is 409 g/mol. The molecule has 1 aromatic rings. The Labute approximate surface area is 155 Å². The van der Waals surface area contributed by atoms with Crippen LogP contribution >= 0.6 is 11.6 Å². The summed E-state index contributed by atoms with van der Waals surface area (Å²) in [4.78, 5) is 13.2. The second-order valence-corrected chi connectivity index (χ2v) is 9.41. The van der Waals surface area contributed by atoms with E-state index in [-0.39, 0.29) is 18.8 Å². The van der Waals surface area contributed by atoms with Crippen molar-refractivity contribution in [1.82, 2.24) is 9.21 Å². The first-order valence-electron chi connectivity index (χ1n) is 8.19. The van der Waals surface area contributed by atoms with Crippen molar-refractivity contribution in [3.05, 3.63) is 29.3 Å². The highest BCUT2D eigenvalue weighted by atomic mass is 35.5. The molecular formula is C16H19ClF2N2O4S. The number of carbonyl (C=O) groups excluding carboxylic acids is 1. The molecule has 0 N–H and O–H groups in total. The van der Waals surface area contributed by atoms with Crippen LogP contribution in [0, 0.1) is 0 Å². The molecule has 3 rings (SSSR count). The van der Waals surface area contributed by atoms with Gasteiger partial charge in [0.25, 0.3) is 5.92 Å². The summed E-state index contributed by atoms with van der Waals surface area (Å²) >= 11 is 5.75. The molecule has 1 aromatic carbocycles. The van der Waals surface area contributed by atoms with Crippen LogP contribution < -0.4 is 4.74 Å². The summed E-state index contributed by atoms with van der Waals surface area (Å²) in [5.74, 6) is -3.02.